The minimum absolute atomic E-state index is 0.00409. The molecule has 0 aromatic heterocycles. The lowest BCUT2D eigenvalue weighted by molar-refractivity contribution is -0.124. The van der Waals surface area contributed by atoms with Crippen molar-refractivity contribution in [1.82, 2.24) is 8.61 Å². The molecule has 0 aliphatic carbocycles. The first-order valence-corrected chi connectivity index (χ1v) is 10.1. The lowest BCUT2D eigenvalue weighted by atomic mass is 9.76. The van der Waals surface area contributed by atoms with Gasteiger partial charge in [0.1, 0.15) is 0 Å². The van der Waals surface area contributed by atoms with Crippen molar-refractivity contribution < 1.29 is 17.9 Å². The number of hydrogen-bond acceptors (Lipinski definition) is 4. The molecule has 1 aromatic rings. The van der Waals surface area contributed by atoms with Crippen LogP contribution >= 0.6 is 0 Å². The molecule has 3 aliphatic rings. The van der Waals surface area contributed by atoms with Crippen LogP contribution in [-0.4, -0.2) is 69.4 Å². The molecule has 1 spiro atoms. The van der Waals surface area contributed by atoms with Gasteiger partial charge in [0.25, 0.3) is 10.2 Å². The molecular formula is C17H23N3O4S. The number of morpholine rings is 1. The summed E-state index contributed by atoms with van der Waals surface area (Å²) < 4.78 is 34.3. The molecule has 1 atom stereocenters. The molecule has 2 saturated heterocycles. The zero-order chi connectivity index (χ0) is 17.7. The largest absolute Gasteiger partial charge is 0.379 e. The number of carbonyl (C=O) groups is 1. The van der Waals surface area contributed by atoms with Gasteiger partial charge in [-0.3, -0.25) is 4.79 Å². The van der Waals surface area contributed by atoms with Crippen molar-refractivity contribution >= 4 is 21.8 Å². The lowest BCUT2D eigenvalue weighted by Gasteiger charge is -2.41. The highest BCUT2D eigenvalue weighted by molar-refractivity contribution is 7.86. The fraction of sp³-hybridized carbons (Fsp3) is 0.588. The van der Waals surface area contributed by atoms with Crippen LogP contribution in [0.1, 0.15) is 18.4 Å². The van der Waals surface area contributed by atoms with Crippen LogP contribution in [-0.2, 0) is 25.2 Å². The quantitative estimate of drug-likeness (QED) is 0.769. The number of anilines is 1. The van der Waals surface area contributed by atoms with E-state index in [-0.39, 0.29) is 12.5 Å². The predicted octanol–water partition coefficient (Wildman–Crippen LogP) is 0.574. The molecule has 3 heterocycles. The molecule has 1 aromatic carbocycles. The molecule has 0 bridgehead atoms. The molecule has 0 N–H and O–H groups in total. The Morgan fingerprint density at radius 3 is 2.56 bits per heavy atom. The number of benzene rings is 1. The fourth-order valence-corrected chi connectivity index (χ4v) is 5.95. The summed E-state index contributed by atoms with van der Waals surface area (Å²) in [5.74, 6) is -0.00409. The summed E-state index contributed by atoms with van der Waals surface area (Å²) in [6.07, 6.45) is 1.36. The van der Waals surface area contributed by atoms with Crippen molar-refractivity contribution in [2.75, 3.05) is 51.3 Å². The number of piperidine rings is 1. The molecule has 7 nitrogen and oxygen atoms in total. The van der Waals surface area contributed by atoms with Gasteiger partial charge in [-0.05, 0) is 24.5 Å². The number of ether oxygens (including phenoxy) is 1. The summed E-state index contributed by atoms with van der Waals surface area (Å²) >= 11 is 0. The lowest BCUT2D eigenvalue weighted by Crippen LogP contribution is -2.57. The molecule has 8 heteroatoms. The first-order valence-electron chi connectivity index (χ1n) is 8.67. The van der Waals surface area contributed by atoms with Crippen LogP contribution in [0.5, 0.6) is 0 Å². The first kappa shape index (κ1) is 17.0. The second-order valence-corrected chi connectivity index (χ2v) is 8.85. The minimum Gasteiger partial charge on any atom is -0.379 e. The van der Waals surface area contributed by atoms with Gasteiger partial charge < -0.3 is 9.64 Å². The van der Waals surface area contributed by atoms with E-state index in [0.717, 1.165) is 11.3 Å². The van der Waals surface area contributed by atoms with E-state index < -0.39 is 15.6 Å². The molecule has 3 aliphatic heterocycles. The second kappa shape index (κ2) is 6.05. The molecule has 0 saturated carbocycles. The van der Waals surface area contributed by atoms with Crippen molar-refractivity contribution in [1.29, 1.82) is 0 Å². The summed E-state index contributed by atoms with van der Waals surface area (Å²) in [6.45, 7) is 2.26. The molecule has 2 fully saturated rings. The van der Waals surface area contributed by atoms with Crippen LogP contribution in [0.4, 0.5) is 5.69 Å². The van der Waals surface area contributed by atoms with Gasteiger partial charge in [-0.2, -0.15) is 17.0 Å². The number of carbonyl (C=O) groups excluding carboxylic acids is 1. The summed E-state index contributed by atoms with van der Waals surface area (Å²) in [7, 11) is -1.81. The highest BCUT2D eigenvalue weighted by Crippen LogP contribution is 2.46. The Labute approximate surface area is 148 Å². The van der Waals surface area contributed by atoms with Gasteiger partial charge in [-0.25, -0.2) is 0 Å². The Hall–Kier alpha value is -1.48. The van der Waals surface area contributed by atoms with E-state index >= 15 is 0 Å². The van der Waals surface area contributed by atoms with E-state index in [1.54, 1.807) is 11.9 Å². The van der Waals surface area contributed by atoms with E-state index in [0.29, 0.717) is 45.7 Å². The topological polar surface area (TPSA) is 70.2 Å². The van der Waals surface area contributed by atoms with Crippen LogP contribution in [0, 0.1) is 0 Å². The SMILES string of the molecule is CN1C(=O)C2(CCCN(S(=O)(=O)N3CCOCC3)C2)c2ccccc21. The Balaban J connectivity index is 1.68. The average Bonchev–Trinajstić information content (AvgIpc) is 2.85. The van der Waals surface area contributed by atoms with Gasteiger partial charge in [0.05, 0.1) is 18.6 Å². The van der Waals surface area contributed by atoms with Crippen LogP contribution in [0.3, 0.4) is 0 Å². The maximum absolute atomic E-state index is 13.1. The van der Waals surface area contributed by atoms with Gasteiger partial charge >= 0.3 is 0 Å². The zero-order valence-electron chi connectivity index (χ0n) is 14.3. The molecule has 0 radical (unpaired) electrons. The monoisotopic (exact) mass is 365 g/mol. The average molecular weight is 365 g/mol. The maximum atomic E-state index is 13.1. The first-order chi connectivity index (χ1) is 12.0. The summed E-state index contributed by atoms with van der Waals surface area (Å²) in [6, 6.07) is 7.72. The van der Waals surface area contributed by atoms with Crippen molar-refractivity contribution in [2.24, 2.45) is 0 Å². The summed E-state index contributed by atoms with van der Waals surface area (Å²) in [5.41, 5.74) is 1.07. The third kappa shape index (κ3) is 2.51. The number of para-hydroxylation sites is 1. The number of hydrogen-bond donors (Lipinski definition) is 0. The maximum Gasteiger partial charge on any atom is 0.282 e. The molecule has 25 heavy (non-hydrogen) atoms. The summed E-state index contributed by atoms with van der Waals surface area (Å²) in [4.78, 5) is 14.7. The van der Waals surface area contributed by atoms with Crippen molar-refractivity contribution in [2.45, 2.75) is 18.3 Å². The molecule has 1 amide bonds. The number of likely N-dealkylation sites (N-methyl/N-ethyl adjacent to an activating group) is 1. The third-order valence-corrected chi connectivity index (χ3v) is 7.56. The van der Waals surface area contributed by atoms with Gasteiger partial charge in [0.15, 0.2) is 0 Å². The van der Waals surface area contributed by atoms with E-state index in [4.69, 9.17) is 4.74 Å². The third-order valence-electron chi connectivity index (χ3n) is 5.57. The Morgan fingerprint density at radius 2 is 1.80 bits per heavy atom. The standard InChI is InChI=1S/C17H23N3O4S/c1-18-15-6-3-2-5-14(15)17(16(18)21)7-4-8-20(13-17)25(22,23)19-9-11-24-12-10-19/h2-3,5-6H,4,7-13H2,1H3. The number of nitrogens with zero attached hydrogens (tertiary/aromatic N) is 3. The van der Waals surface area contributed by atoms with Crippen LogP contribution < -0.4 is 4.90 Å². The number of amides is 1. The van der Waals surface area contributed by atoms with Crippen molar-refractivity contribution in [3.8, 4) is 0 Å². The van der Waals surface area contributed by atoms with Gasteiger partial charge in [-0.1, -0.05) is 18.2 Å². The predicted molar refractivity (Wildman–Crippen MR) is 93.6 cm³/mol. The normalized spacial score (nSPS) is 28.5. The highest BCUT2D eigenvalue weighted by atomic mass is 32.2. The Kier molecular flexibility index (Phi) is 4.10. The Bertz CT molecular complexity index is 791. The second-order valence-electron chi connectivity index (χ2n) is 6.92. The minimum atomic E-state index is -3.58. The summed E-state index contributed by atoms with van der Waals surface area (Å²) in [5, 5.41) is 0. The van der Waals surface area contributed by atoms with Gasteiger partial charge in [0.2, 0.25) is 5.91 Å². The van der Waals surface area contributed by atoms with E-state index in [1.807, 2.05) is 24.3 Å². The molecular weight excluding hydrogens is 342 g/mol. The van der Waals surface area contributed by atoms with Crippen LogP contribution in [0.25, 0.3) is 0 Å². The molecule has 4 rings (SSSR count). The Morgan fingerprint density at radius 1 is 1.08 bits per heavy atom. The van der Waals surface area contributed by atoms with E-state index in [9.17, 15) is 13.2 Å². The van der Waals surface area contributed by atoms with Crippen LogP contribution in [0.2, 0.25) is 0 Å². The zero-order valence-corrected chi connectivity index (χ0v) is 15.2. The molecule has 1 unspecified atom stereocenters. The highest BCUT2D eigenvalue weighted by Gasteiger charge is 2.53. The van der Waals surface area contributed by atoms with Crippen molar-refractivity contribution in [3.05, 3.63) is 29.8 Å². The molecule has 136 valence electrons. The number of fused-ring (bicyclic) bond motifs is 2. The van der Waals surface area contributed by atoms with Crippen molar-refractivity contribution in [3.63, 3.8) is 0 Å². The number of rotatable bonds is 2. The van der Waals surface area contributed by atoms with Gasteiger partial charge in [0, 0.05) is 38.9 Å². The smallest absolute Gasteiger partial charge is 0.282 e. The van der Waals surface area contributed by atoms with Crippen LogP contribution in [0.15, 0.2) is 24.3 Å². The van der Waals surface area contributed by atoms with E-state index in [2.05, 4.69) is 0 Å². The van der Waals surface area contributed by atoms with Gasteiger partial charge in [-0.15, -0.1) is 0 Å². The van der Waals surface area contributed by atoms with E-state index in [1.165, 1.54) is 8.61 Å². The fourth-order valence-electron chi connectivity index (χ4n) is 4.26.